The summed E-state index contributed by atoms with van der Waals surface area (Å²) >= 11 is 5.58. The number of nitrogens with zero attached hydrogens (tertiary/aromatic N) is 1. The van der Waals surface area contributed by atoms with Gasteiger partial charge in [0.25, 0.3) is 0 Å². The van der Waals surface area contributed by atoms with E-state index >= 15 is 0 Å². The van der Waals surface area contributed by atoms with E-state index in [4.69, 9.17) is 4.98 Å². The van der Waals surface area contributed by atoms with Crippen LogP contribution in [0.3, 0.4) is 0 Å². The highest BCUT2D eigenvalue weighted by molar-refractivity contribution is 8.02. The van der Waals surface area contributed by atoms with Gasteiger partial charge in [0.2, 0.25) is 0 Å². The van der Waals surface area contributed by atoms with Crippen molar-refractivity contribution in [1.29, 1.82) is 0 Å². The summed E-state index contributed by atoms with van der Waals surface area (Å²) in [6.07, 6.45) is 5.29. The molecule has 1 aliphatic rings. The average molecular weight is 528 g/mol. The predicted octanol–water partition coefficient (Wildman–Crippen LogP) is 10.8. The van der Waals surface area contributed by atoms with Crippen molar-refractivity contribution in [3.63, 3.8) is 0 Å². The molecule has 0 radical (unpaired) electrons. The first-order chi connectivity index (χ1) is 18.4. The minimum atomic E-state index is 0.454. The van der Waals surface area contributed by atoms with E-state index in [1.54, 1.807) is 11.3 Å². The lowest BCUT2D eigenvalue weighted by molar-refractivity contribution is 1.00. The lowest BCUT2D eigenvalue weighted by Gasteiger charge is -2.22. The molecule has 1 aliphatic heterocycles. The maximum absolute atomic E-state index is 4.79. The monoisotopic (exact) mass is 527 g/mol. The van der Waals surface area contributed by atoms with Crippen LogP contribution in [0.4, 0.5) is 0 Å². The molecule has 1 nitrogen and oxygen atoms in total. The van der Waals surface area contributed by atoms with Crippen LogP contribution in [0.2, 0.25) is 0 Å². The van der Waals surface area contributed by atoms with Crippen LogP contribution in [-0.4, -0.2) is 4.98 Å². The average Bonchev–Trinajstić information content (AvgIpc) is 3.76. The fraction of sp³-hybridized carbons (Fsp3) is 0.0606. The van der Waals surface area contributed by atoms with Gasteiger partial charge in [-0.1, -0.05) is 48.5 Å². The maximum Gasteiger partial charge on any atom is 0.0708 e. The molecule has 0 amide bonds. The Morgan fingerprint density at radius 2 is 1.32 bits per heavy atom. The number of allylic oxidation sites excluding steroid dienone is 1. The van der Waals surface area contributed by atoms with E-state index < -0.39 is 0 Å². The molecule has 1 unspecified atom stereocenters. The summed E-state index contributed by atoms with van der Waals surface area (Å²) in [4.78, 5) is 7.41. The van der Waals surface area contributed by atoms with Crippen molar-refractivity contribution in [2.24, 2.45) is 0 Å². The van der Waals surface area contributed by atoms with Crippen molar-refractivity contribution in [1.82, 2.24) is 4.98 Å². The van der Waals surface area contributed by atoms with Crippen molar-refractivity contribution in [3.8, 4) is 32.1 Å². The zero-order chi connectivity index (χ0) is 24.3. The van der Waals surface area contributed by atoms with Gasteiger partial charge in [0.1, 0.15) is 0 Å². The zero-order valence-electron chi connectivity index (χ0n) is 19.8. The molecule has 8 rings (SSSR count). The topological polar surface area (TPSA) is 12.9 Å². The summed E-state index contributed by atoms with van der Waals surface area (Å²) in [7, 11) is 0. The Morgan fingerprint density at radius 1 is 0.649 bits per heavy atom. The van der Waals surface area contributed by atoms with Gasteiger partial charge < -0.3 is 0 Å². The second kappa shape index (κ2) is 8.56. The van der Waals surface area contributed by atoms with Gasteiger partial charge in [0.15, 0.2) is 0 Å². The second-order valence-corrected chi connectivity index (χ2v) is 12.5. The number of aromatic nitrogens is 1. The van der Waals surface area contributed by atoms with Crippen molar-refractivity contribution in [3.05, 3.63) is 113 Å². The van der Waals surface area contributed by atoms with E-state index in [9.17, 15) is 0 Å². The van der Waals surface area contributed by atoms with Crippen molar-refractivity contribution >= 4 is 66.8 Å². The minimum absolute atomic E-state index is 0.454. The molecule has 0 aliphatic carbocycles. The van der Waals surface area contributed by atoms with Gasteiger partial charge in [0, 0.05) is 32.3 Å². The Bertz CT molecular complexity index is 1910. The molecule has 37 heavy (non-hydrogen) atoms. The first-order valence-corrected chi connectivity index (χ1v) is 15.1. The van der Waals surface area contributed by atoms with E-state index in [-0.39, 0.29) is 0 Å². The first-order valence-electron chi connectivity index (χ1n) is 12.4. The van der Waals surface area contributed by atoms with Crippen molar-refractivity contribution in [2.45, 2.75) is 11.7 Å². The molecule has 0 spiro atoms. The molecular formula is C33H21NS3. The largest absolute Gasteiger partial charge is 0.256 e. The lowest BCUT2D eigenvalue weighted by Crippen LogP contribution is -1.97. The summed E-state index contributed by atoms with van der Waals surface area (Å²) in [5.74, 6) is 0. The molecule has 0 fully saturated rings. The van der Waals surface area contributed by atoms with E-state index in [0.717, 1.165) is 12.1 Å². The Labute approximate surface area is 227 Å². The van der Waals surface area contributed by atoms with Gasteiger partial charge >= 0.3 is 0 Å². The maximum atomic E-state index is 4.79. The third-order valence-corrected chi connectivity index (χ3v) is 10.4. The number of rotatable bonds is 4. The highest BCUT2D eigenvalue weighted by atomic mass is 32.2. The number of pyridine rings is 1. The van der Waals surface area contributed by atoms with E-state index in [2.05, 4.69) is 95.0 Å². The number of hydrogen-bond acceptors (Lipinski definition) is 4. The molecule has 4 aromatic carbocycles. The molecule has 0 bridgehead atoms. The fourth-order valence-corrected chi connectivity index (χ4v) is 8.37. The van der Waals surface area contributed by atoms with Crippen LogP contribution < -0.4 is 0 Å². The summed E-state index contributed by atoms with van der Waals surface area (Å²) < 4.78 is 0. The fourth-order valence-electron chi connectivity index (χ4n) is 5.88. The van der Waals surface area contributed by atoms with Crippen LogP contribution in [0.25, 0.3) is 64.5 Å². The van der Waals surface area contributed by atoms with Crippen LogP contribution in [0.1, 0.15) is 17.2 Å². The Morgan fingerprint density at radius 3 is 1.95 bits per heavy atom. The Balaban J connectivity index is 1.58. The van der Waals surface area contributed by atoms with Gasteiger partial charge in [-0.25, -0.2) is 0 Å². The third-order valence-electron chi connectivity index (χ3n) is 7.48. The van der Waals surface area contributed by atoms with E-state index in [1.165, 1.54) is 64.3 Å². The number of thioether (sulfide) groups is 1. The number of hydrogen-bond donors (Lipinski definition) is 0. The molecule has 7 aromatic rings. The predicted molar refractivity (Wildman–Crippen MR) is 164 cm³/mol. The van der Waals surface area contributed by atoms with Crippen molar-refractivity contribution < 1.29 is 0 Å². The number of benzene rings is 4. The highest BCUT2D eigenvalue weighted by Gasteiger charge is 2.24. The van der Waals surface area contributed by atoms with Crippen LogP contribution in [-0.2, 0) is 0 Å². The quantitative estimate of drug-likeness (QED) is 0.211. The molecule has 4 heterocycles. The molecule has 0 saturated heterocycles. The Kier molecular flexibility index (Phi) is 5.00. The Hall–Kier alpha value is -3.44. The van der Waals surface area contributed by atoms with Gasteiger partial charge in [-0.15, -0.1) is 34.4 Å². The summed E-state index contributed by atoms with van der Waals surface area (Å²) in [6.45, 7) is 0. The van der Waals surface area contributed by atoms with Gasteiger partial charge in [-0.05, 0) is 102 Å². The standard InChI is InChI=1S/C33H21NS3/c1-2-14-34-28(6-1)24-18-25(29-7-3-15-35-29)21-12-13-23-27(31-9-5-17-37-31)19-26(30-8-4-16-36-30)22-11-10-20(24)32(21)33(22)23/h1-7,9-19,30H,8H2. The van der Waals surface area contributed by atoms with Crippen LogP contribution in [0.5, 0.6) is 0 Å². The lowest BCUT2D eigenvalue weighted by atomic mass is 9.84. The van der Waals surface area contributed by atoms with Gasteiger partial charge in [-0.2, -0.15) is 0 Å². The second-order valence-electron chi connectivity index (χ2n) is 9.46. The van der Waals surface area contributed by atoms with Crippen molar-refractivity contribution in [2.75, 3.05) is 0 Å². The molecular weight excluding hydrogens is 507 g/mol. The highest BCUT2D eigenvalue weighted by Crippen LogP contribution is 2.50. The molecule has 4 heteroatoms. The molecule has 176 valence electrons. The van der Waals surface area contributed by atoms with Gasteiger partial charge in [-0.3, -0.25) is 4.98 Å². The molecule has 0 saturated carbocycles. The first kappa shape index (κ1) is 21.6. The smallest absolute Gasteiger partial charge is 0.0708 e. The molecule has 0 N–H and O–H groups in total. The van der Waals surface area contributed by atoms with E-state index in [1.807, 2.05) is 35.4 Å². The van der Waals surface area contributed by atoms with Crippen LogP contribution in [0, 0.1) is 0 Å². The summed E-state index contributed by atoms with van der Waals surface area (Å²) in [6, 6.07) is 29.3. The zero-order valence-corrected chi connectivity index (χ0v) is 22.3. The molecule has 3 aromatic heterocycles. The third kappa shape index (κ3) is 3.33. The number of thiophene rings is 2. The summed E-state index contributed by atoms with van der Waals surface area (Å²) in [5.41, 5.74) is 6.30. The van der Waals surface area contributed by atoms with Crippen LogP contribution >= 0.6 is 34.4 Å². The minimum Gasteiger partial charge on any atom is -0.256 e. The normalized spacial score (nSPS) is 15.5. The summed E-state index contributed by atoms with van der Waals surface area (Å²) in [5, 5.41) is 15.1. The van der Waals surface area contributed by atoms with Crippen LogP contribution in [0.15, 0.2) is 107 Å². The molecule has 1 atom stereocenters. The van der Waals surface area contributed by atoms with E-state index in [0.29, 0.717) is 5.25 Å². The van der Waals surface area contributed by atoms with Gasteiger partial charge in [0.05, 0.1) is 5.69 Å². The SMILES string of the molecule is C1=CSC(c2cc(-c3cccs3)c3ccc4c(-c5cccs5)cc(-c5ccccn5)c5ccc2c3c54)C1.